The molecule has 3 nitrogen and oxygen atoms in total. The molecule has 1 aliphatic rings. The van der Waals surface area contributed by atoms with Gasteiger partial charge in [-0.05, 0) is 31.4 Å². The fourth-order valence-corrected chi connectivity index (χ4v) is 2.22. The maximum Gasteiger partial charge on any atom is 0.253 e. The topological polar surface area (TPSA) is 37.4 Å². The highest BCUT2D eigenvalue weighted by atomic mass is 16.2. The average molecular weight is 231 g/mol. The van der Waals surface area contributed by atoms with Crippen molar-refractivity contribution in [2.75, 3.05) is 13.1 Å². The summed E-state index contributed by atoms with van der Waals surface area (Å²) in [7, 11) is 0. The Hall–Kier alpha value is -1.64. The molecule has 1 aromatic carbocycles. The average Bonchev–Trinajstić information content (AvgIpc) is 2.64. The number of aldehydes is 1. The van der Waals surface area contributed by atoms with Crippen molar-refractivity contribution in [2.45, 2.75) is 19.3 Å². The number of carbonyl (C=O) groups excluding carboxylic acids is 2. The third-order valence-corrected chi connectivity index (χ3v) is 3.27. The van der Waals surface area contributed by atoms with Gasteiger partial charge >= 0.3 is 0 Å². The summed E-state index contributed by atoms with van der Waals surface area (Å²) >= 11 is 0. The van der Waals surface area contributed by atoms with E-state index in [9.17, 15) is 9.59 Å². The molecule has 0 aliphatic carbocycles. The van der Waals surface area contributed by atoms with Crippen molar-refractivity contribution in [3.63, 3.8) is 0 Å². The molecule has 1 saturated heterocycles. The van der Waals surface area contributed by atoms with Gasteiger partial charge in [0.2, 0.25) is 0 Å². The largest absolute Gasteiger partial charge is 0.339 e. The summed E-state index contributed by atoms with van der Waals surface area (Å²) in [6.07, 6.45) is 3.64. The number of hydrogen-bond donors (Lipinski definition) is 0. The molecule has 2 rings (SSSR count). The van der Waals surface area contributed by atoms with Crippen LogP contribution in [0.15, 0.2) is 30.3 Å². The van der Waals surface area contributed by atoms with Crippen LogP contribution in [0.4, 0.5) is 0 Å². The highest BCUT2D eigenvalue weighted by Gasteiger charge is 2.20. The lowest BCUT2D eigenvalue weighted by molar-refractivity contribution is -0.111. The molecule has 1 amide bonds. The van der Waals surface area contributed by atoms with Gasteiger partial charge in [0.25, 0.3) is 5.91 Å². The Balaban J connectivity index is 2.03. The first-order chi connectivity index (χ1) is 8.31. The van der Waals surface area contributed by atoms with Crippen LogP contribution in [0, 0.1) is 5.92 Å². The van der Waals surface area contributed by atoms with Crippen LogP contribution < -0.4 is 0 Å². The van der Waals surface area contributed by atoms with Crippen LogP contribution in [-0.4, -0.2) is 30.2 Å². The maximum absolute atomic E-state index is 12.2. The van der Waals surface area contributed by atoms with Crippen molar-refractivity contribution in [3.8, 4) is 0 Å². The van der Waals surface area contributed by atoms with Crippen molar-refractivity contribution in [1.29, 1.82) is 0 Å². The minimum Gasteiger partial charge on any atom is -0.339 e. The third kappa shape index (κ3) is 2.93. The molecule has 90 valence electrons. The van der Waals surface area contributed by atoms with E-state index in [0.29, 0.717) is 6.54 Å². The second-order valence-electron chi connectivity index (χ2n) is 4.49. The predicted molar refractivity (Wildman–Crippen MR) is 65.8 cm³/mol. The van der Waals surface area contributed by atoms with E-state index in [-0.39, 0.29) is 11.8 Å². The van der Waals surface area contributed by atoms with Crippen molar-refractivity contribution in [1.82, 2.24) is 4.90 Å². The lowest BCUT2D eigenvalue weighted by Crippen LogP contribution is -2.32. The third-order valence-electron chi connectivity index (χ3n) is 3.27. The minimum absolute atomic E-state index is 0.0807. The molecule has 0 saturated carbocycles. The van der Waals surface area contributed by atoms with Crippen LogP contribution in [0.25, 0.3) is 0 Å². The summed E-state index contributed by atoms with van der Waals surface area (Å²) in [6, 6.07) is 9.33. The molecular weight excluding hydrogens is 214 g/mol. The van der Waals surface area contributed by atoms with Crippen LogP contribution in [0.2, 0.25) is 0 Å². The second-order valence-corrected chi connectivity index (χ2v) is 4.49. The number of amides is 1. The van der Waals surface area contributed by atoms with E-state index >= 15 is 0 Å². The number of nitrogens with zero attached hydrogens (tertiary/aromatic N) is 1. The summed E-state index contributed by atoms with van der Waals surface area (Å²) in [6.45, 7) is 1.45. The van der Waals surface area contributed by atoms with E-state index in [1.54, 1.807) is 0 Å². The van der Waals surface area contributed by atoms with Gasteiger partial charge in [-0.2, -0.15) is 0 Å². The zero-order chi connectivity index (χ0) is 12.1. The SMILES string of the molecule is O=CC1CCCN(C(=O)c2ccccc2)CC1. The summed E-state index contributed by atoms with van der Waals surface area (Å²) in [5, 5.41) is 0. The van der Waals surface area contributed by atoms with Crippen LogP contribution in [-0.2, 0) is 4.79 Å². The van der Waals surface area contributed by atoms with Crippen molar-refractivity contribution in [3.05, 3.63) is 35.9 Å². The van der Waals surface area contributed by atoms with Gasteiger partial charge in [0.05, 0.1) is 0 Å². The van der Waals surface area contributed by atoms with Crippen LogP contribution in [0.5, 0.6) is 0 Å². The zero-order valence-corrected chi connectivity index (χ0v) is 9.84. The molecule has 1 atom stereocenters. The first-order valence-corrected chi connectivity index (χ1v) is 6.11. The van der Waals surface area contributed by atoms with Gasteiger partial charge in [-0.3, -0.25) is 4.79 Å². The van der Waals surface area contributed by atoms with Crippen LogP contribution >= 0.6 is 0 Å². The lowest BCUT2D eigenvalue weighted by Gasteiger charge is -2.20. The molecule has 3 heteroatoms. The van der Waals surface area contributed by atoms with Gasteiger partial charge in [-0.1, -0.05) is 18.2 Å². The summed E-state index contributed by atoms with van der Waals surface area (Å²) in [5.74, 6) is 0.209. The van der Waals surface area contributed by atoms with Gasteiger partial charge in [-0.15, -0.1) is 0 Å². The molecule has 0 aromatic heterocycles. The number of benzene rings is 1. The van der Waals surface area contributed by atoms with Crippen LogP contribution in [0.1, 0.15) is 29.6 Å². The van der Waals surface area contributed by atoms with E-state index in [4.69, 9.17) is 0 Å². The molecule has 1 aliphatic heterocycles. The predicted octanol–water partition coefficient (Wildman–Crippen LogP) is 2.13. The van der Waals surface area contributed by atoms with Crippen LogP contribution in [0.3, 0.4) is 0 Å². The van der Waals surface area contributed by atoms with Crippen molar-refractivity contribution in [2.24, 2.45) is 5.92 Å². The number of rotatable bonds is 2. The quantitative estimate of drug-likeness (QED) is 0.731. The monoisotopic (exact) mass is 231 g/mol. The first-order valence-electron chi connectivity index (χ1n) is 6.11. The zero-order valence-electron chi connectivity index (χ0n) is 9.84. The molecule has 1 unspecified atom stereocenters. The highest BCUT2D eigenvalue weighted by molar-refractivity contribution is 5.94. The molecule has 1 aromatic rings. The van der Waals surface area contributed by atoms with Gasteiger partial charge in [0.1, 0.15) is 6.29 Å². The maximum atomic E-state index is 12.2. The molecule has 1 fully saturated rings. The highest BCUT2D eigenvalue weighted by Crippen LogP contribution is 2.17. The first kappa shape index (κ1) is 11.8. The summed E-state index contributed by atoms with van der Waals surface area (Å²) in [4.78, 5) is 24.8. The molecule has 0 radical (unpaired) electrons. The summed E-state index contributed by atoms with van der Waals surface area (Å²) in [5.41, 5.74) is 0.733. The standard InChI is InChI=1S/C14H17NO2/c16-11-12-5-4-9-15(10-8-12)14(17)13-6-2-1-3-7-13/h1-3,6-7,11-12H,4-5,8-10H2. The molecule has 0 spiro atoms. The Kier molecular flexibility index (Phi) is 3.91. The number of hydrogen-bond acceptors (Lipinski definition) is 2. The van der Waals surface area contributed by atoms with E-state index in [1.165, 1.54) is 0 Å². The molecule has 1 heterocycles. The fourth-order valence-electron chi connectivity index (χ4n) is 2.22. The second kappa shape index (κ2) is 5.62. The van der Waals surface area contributed by atoms with Gasteiger partial charge in [-0.25, -0.2) is 0 Å². The summed E-state index contributed by atoms with van der Waals surface area (Å²) < 4.78 is 0. The number of carbonyl (C=O) groups is 2. The van der Waals surface area contributed by atoms with Crippen molar-refractivity contribution < 1.29 is 9.59 Å². The Morgan fingerprint density at radius 3 is 2.65 bits per heavy atom. The molecule has 0 bridgehead atoms. The van der Waals surface area contributed by atoms with Gasteiger partial charge in [0, 0.05) is 24.6 Å². The Morgan fingerprint density at radius 1 is 1.18 bits per heavy atom. The Labute approximate surface area is 101 Å². The van der Waals surface area contributed by atoms with E-state index in [0.717, 1.165) is 37.7 Å². The smallest absolute Gasteiger partial charge is 0.253 e. The van der Waals surface area contributed by atoms with Crippen molar-refractivity contribution >= 4 is 12.2 Å². The van der Waals surface area contributed by atoms with Gasteiger partial charge < -0.3 is 9.69 Å². The minimum atomic E-state index is 0.0807. The van der Waals surface area contributed by atoms with Gasteiger partial charge in [0.15, 0.2) is 0 Å². The van der Waals surface area contributed by atoms with E-state index < -0.39 is 0 Å². The van der Waals surface area contributed by atoms with E-state index in [1.807, 2.05) is 35.2 Å². The molecular formula is C14H17NO2. The Bertz CT molecular complexity index is 388. The molecule has 0 N–H and O–H groups in total. The van der Waals surface area contributed by atoms with E-state index in [2.05, 4.69) is 0 Å². The normalized spacial score (nSPS) is 20.7. The number of likely N-dealkylation sites (tertiary alicyclic amines) is 1. The lowest BCUT2D eigenvalue weighted by atomic mass is 10.0. The molecule has 17 heavy (non-hydrogen) atoms. The Morgan fingerprint density at radius 2 is 1.94 bits per heavy atom. The fraction of sp³-hybridized carbons (Fsp3) is 0.429.